The maximum absolute atomic E-state index is 12.2. The topological polar surface area (TPSA) is 52.9 Å². The number of rotatable bonds is 2. The summed E-state index contributed by atoms with van der Waals surface area (Å²) in [5, 5.41) is 12.2. The van der Waals surface area contributed by atoms with E-state index in [1.807, 2.05) is 6.07 Å². The molecule has 0 aliphatic heterocycles. The van der Waals surface area contributed by atoms with Crippen molar-refractivity contribution in [2.45, 2.75) is 32.6 Å². The van der Waals surface area contributed by atoms with Crippen molar-refractivity contribution in [3.63, 3.8) is 0 Å². The van der Waals surface area contributed by atoms with Crippen LogP contribution in [0.2, 0.25) is 5.02 Å². The van der Waals surface area contributed by atoms with Gasteiger partial charge in [0, 0.05) is 5.92 Å². The minimum Gasteiger partial charge on any atom is -0.324 e. The molecule has 1 fully saturated rings. The van der Waals surface area contributed by atoms with Crippen molar-refractivity contribution >= 4 is 23.2 Å². The van der Waals surface area contributed by atoms with E-state index in [0.29, 0.717) is 16.3 Å². The Kier molecular flexibility index (Phi) is 4.44. The molecule has 0 aromatic heterocycles. The zero-order valence-corrected chi connectivity index (χ0v) is 11.7. The smallest absolute Gasteiger partial charge is 0.227 e. The van der Waals surface area contributed by atoms with Gasteiger partial charge in [0.1, 0.15) is 0 Å². The van der Waals surface area contributed by atoms with E-state index in [-0.39, 0.29) is 11.8 Å². The highest BCUT2D eigenvalue weighted by molar-refractivity contribution is 6.33. The first-order valence-corrected chi connectivity index (χ1v) is 6.98. The Balaban J connectivity index is 2.05. The summed E-state index contributed by atoms with van der Waals surface area (Å²) in [6, 6.07) is 6.94. The van der Waals surface area contributed by atoms with Crippen LogP contribution in [0.3, 0.4) is 0 Å². The monoisotopic (exact) mass is 276 g/mol. The molecule has 0 unspecified atom stereocenters. The van der Waals surface area contributed by atoms with E-state index in [9.17, 15) is 4.79 Å². The predicted octanol–water partition coefficient (Wildman–Crippen LogP) is 3.98. The number of nitriles is 1. The number of carbonyl (C=O) groups is 1. The Morgan fingerprint density at radius 3 is 2.68 bits per heavy atom. The van der Waals surface area contributed by atoms with E-state index in [1.54, 1.807) is 18.2 Å². The van der Waals surface area contributed by atoms with Crippen LogP contribution in [0.5, 0.6) is 0 Å². The number of nitrogens with one attached hydrogen (secondary N) is 1. The molecule has 0 heterocycles. The maximum atomic E-state index is 12.2. The van der Waals surface area contributed by atoms with Gasteiger partial charge in [-0.05, 0) is 49.8 Å². The van der Waals surface area contributed by atoms with Crippen molar-refractivity contribution in [2.75, 3.05) is 5.32 Å². The first kappa shape index (κ1) is 13.9. The molecule has 1 saturated carbocycles. The van der Waals surface area contributed by atoms with Crippen LogP contribution in [-0.4, -0.2) is 5.91 Å². The molecule has 0 bridgehead atoms. The highest BCUT2D eigenvalue weighted by atomic mass is 35.5. The second-order valence-corrected chi connectivity index (χ2v) is 5.66. The number of amides is 1. The van der Waals surface area contributed by atoms with E-state index >= 15 is 0 Å². The third kappa shape index (κ3) is 3.48. The summed E-state index contributed by atoms with van der Waals surface area (Å²) in [6.45, 7) is 2.22. The molecule has 0 atom stereocenters. The first-order chi connectivity index (χ1) is 9.10. The molecular weight excluding hydrogens is 260 g/mol. The normalized spacial score (nSPS) is 22.6. The Bertz CT molecular complexity index is 513. The minimum atomic E-state index is 0.0175. The molecule has 1 aromatic rings. The zero-order chi connectivity index (χ0) is 13.8. The molecule has 0 spiro atoms. The summed E-state index contributed by atoms with van der Waals surface area (Å²) >= 11 is 6.04. The van der Waals surface area contributed by atoms with Gasteiger partial charge in [-0.1, -0.05) is 18.5 Å². The highest BCUT2D eigenvalue weighted by Gasteiger charge is 2.24. The zero-order valence-electron chi connectivity index (χ0n) is 10.9. The Labute approximate surface area is 118 Å². The molecule has 0 radical (unpaired) electrons. The van der Waals surface area contributed by atoms with Gasteiger partial charge in [-0.2, -0.15) is 5.26 Å². The first-order valence-electron chi connectivity index (χ1n) is 6.60. The third-order valence-electron chi connectivity index (χ3n) is 3.74. The second kappa shape index (κ2) is 6.08. The number of nitrogens with zero attached hydrogens (tertiary/aromatic N) is 1. The van der Waals surface area contributed by atoms with Gasteiger partial charge in [0.05, 0.1) is 22.3 Å². The fourth-order valence-electron chi connectivity index (χ4n) is 2.45. The molecule has 0 saturated heterocycles. The van der Waals surface area contributed by atoms with Gasteiger partial charge in [-0.3, -0.25) is 4.79 Å². The molecule has 4 heteroatoms. The third-order valence-corrected chi connectivity index (χ3v) is 4.07. The van der Waals surface area contributed by atoms with Crippen molar-refractivity contribution < 1.29 is 4.79 Å². The summed E-state index contributed by atoms with van der Waals surface area (Å²) in [7, 11) is 0. The van der Waals surface area contributed by atoms with Gasteiger partial charge >= 0.3 is 0 Å². The Morgan fingerprint density at radius 1 is 1.37 bits per heavy atom. The maximum Gasteiger partial charge on any atom is 0.227 e. The van der Waals surface area contributed by atoms with E-state index in [4.69, 9.17) is 16.9 Å². The van der Waals surface area contributed by atoms with Gasteiger partial charge in [0.25, 0.3) is 0 Å². The van der Waals surface area contributed by atoms with E-state index in [1.165, 1.54) is 0 Å². The van der Waals surface area contributed by atoms with Crippen molar-refractivity contribution in [1.29, 1.82) is 5.26 Å². The lowest BCUT2D eigenvalue weighted by atomic mass is 9.82. The van der Waals surface area contributed by atoms with E-state index in [0.717, 1.165) is 31.6 Å². The lowest BCUT2D eigenvalue weighted by molar-refractivity contribution is -0.121. The quantitative estimate of drug-likeness (QED) is 0.888. The molecule has 1 amide bonds. The van der Waals surface area contributed by atoms with Gasteiger partial charge in [-0.15, -0.1) is 0 Å². The summed E-state index contributed by atoms with van der Waals surface area (Å²) in [5.41, 5.74) is 1.03. The van der Waals surface area contributed by atoms with Crippen molar-refractivity contribution in [2.24, 2.45) is 11.8 Å². The summed E-state index contributed by atoms with van der Waals surface area (Å²) < 4.78 is 0. The lowest BCUT2D eigenvalue weighted by Crippen LogP contribution is -2.26. The van der Waals surface area contributed by atoms with Crippen LogP contribution in [0.4, 0.5) is 5.69 Å². The number of benzene rings is 1. The van der Waals surface area contributed by atoms with E-state index < -0.39 is 0 Å². The Hall–Kier alpha value is -1.53. The standard InChI is InChI=1S/C15H17ClN2O/c1-10-2-5-12(6-3-10)15(19)18-14-8-11(9-17)4-7-13(14)16/h4,7-8,10,12H,2-3,5-6H2,1H3,(H,18,19). The summed E-state index contributed by atoms with van der Waals surface area (Å²) in [4.78, 5) is 12.2. The van der Waals surface area contributed by atoms with Gasteiger partial charge < -0.3 is 5.32 Å². The van der Waals surface area contributed by atoms with Crippen LogP contribution in [0.1, 0.15) is 38.2 Å². The molecule has 2 rings (SSSR count). The van der Waals surface area contributed by atoms with Crippen LogP contribution in [-0.2, 0) is 4.79 Å². The van der Waals surface area contributed by atoms with Crippen LogP contribution in [0.25, 0.3) is 0 Å². The molecule has 19 heavy (non-hydrogen) atoms. The van der Waals surface area contributed by atoms with Crippen molar-refractivity contribution in [3.05, 3.63) is 28.8 Å². The van der Waals surface area contributed by atoms with Gasteiger partial charge in [0.2, 0.25) is 5.91 Å². The Morgan fingerprint density at radius 2 is 2.05 bits per heavy atom. The molecule has 3 nitrogen and oxygen atoms in total. The predicted molar refractivity (Wildman–Crippen MR) is 75.9 cm³/mol. The van der Waals surface area contributed by atoms with Gasteiger partial charge in [-0.25, -0.2) is 0 Å². The number of hydrogen-bond donors (Lipinski definition) is 1. The SMILES string of the molecule is CC1CCC(C(=O)Nc2cc(C#N)ccc2Cl)CC1. The summed E-state index contributed by atoms with van der Waals surface area (Å²) in [5.74, 6) is 0.802. The van der Waals surface area contributed by atoms with Crippen molar-refractivity contribution in [1.82, 2.24) is 0 Å². The molecule has 100 valence electrons. The fraction of sp³-hybridized carbons (Fsp3) is 0.467. The molecule has 1 aliphatic carbocycles. The second-order valence-electron chi connectivity index (χ2n) is 5.25. The van der Waals surface area contributed by atoms with Crippen LogP contribution < -0.4 is 5.32 Å². The molecule has 1 N–H and O–H groups in total. The van der Waals surface area contributed by atoms with Crippen LogP contribution in [0, 0.1) is 23.2 Å². The largest absolute Gasteiger partial charge is 0.324 e. The number of anilines is 1. The molecule has 1 aromatic carbocycles. The number of carbonyl (C=O) groups excluding carboxylic acids is 1. The fourth-order valence-corrected chi connectivity index (χ4v) is 2.61. The van der Waals surface area contributed by atoms with Crippen LogP contribution >= 0.6 is 11.6 Å². The lowest BCUT2D eigenvalue weighted by Gasteiger charge is -2.25. The summed E-state index contributed by atoms with van der Waals surface area (Å²) in [6.07, 6.45) is 4.07. The van der Waals surface area contributed by atoms with Crippen LogP contribution in [0.15, 0.2) is 18.2 Å². The number of halogens is 1. The minimum absolute atomic E-state index is 0.0175. The highest BCUT2D eigenvalue weighted by Crippen LogP contribution is 2.30. The molecule has 1 aliphatic rings. The van der Waals surface area contributed by atoms with Gasteiger partial charge in [0.15, 0.2) is 0 Å². The van der Waals surface area contributed by atoms with E-state index in [2.05, 4.69) is 12.2 Å². The van der Waals surface area contributed by atoms with Crippen molar-refractivity contribution in [3.8, 4) is 6.07 Å². The average molecular weight is 277 g/mol. The molecular formula is C15H17ClN2O. The number of hydrogen-bond acceptors (Lipinski definition) is 2. The average Bonchev–Trinajstić information content (AvgIpc) is 2.42.